The van der Waals surface area contributed by atoms with Gasteiger partial charge in [0.05, 0.1) is 23.9 Å². The average molecular weight is 306 g/mol. The number of rotatable bonds is 5. The minimum atomic E-state index is -0.511. The highest BCUT2D eigenvalue weighted by atomic mass is 35.5. The van der Waals surface area contributed by atoms with E-state index in [0.29, 0.717) is 5.02 Å². The quantitative estimate of drug-likeness (QED) is 0.905. The minimum absolute atomic E-state index is 0.511. The van der Waals surface area contributed by atoms with E-state index in [4.69, 9.17) is 16.3 Å². The topological polar surface area (TPSA) is 32.7 Å². The SMILES string of the molecule is COc1ccc(CN(C)c2ccc(C(C)O)cc2Cl)cc1. The first-order valence-corrected chi connectivity index (χ1v) is 7.20. The Kier molecular flexibility index (Phi) is 5.10. The molecule has 0 saturated carbocycles. The normalized spacial score (nSPS) is 12.0. The van der Waals surface area contributed by atoms with E-state index in [-0.39, 0.29) is 0 Å². The molecule has 112 valence electrons. The molecule has 1 unspecified atom stereocenters. The Hall–Kier alpha value is -1.71. The summed E-state index contributed by atoms with van der Waals surface area (Å²) in [5.41, 5.74) is 2.94. The molecule has 0 radical (unpaired) electrons. The van der Waals surface area contributed by atoms with Crippen molar-refractivity contribution in [3.63, 3.8) is 0 Å². The molecule has 2 rings (SSSR count). The lowest BCUT2D eigenvalue weighted by Crippen LogP contribution is -2.16. The van der Waals surface area contributed by atoms with Crippen molar-refractivity contribution in [1.29, 1.82) is 0 Å². The van der Waals surface area contributed by atoms with Crippen LogP contribution in [0.25, 0.3) is 0 Å². The van der Waals surface area contributed by atoms with Crippen molar-refractivity contribution in [3.05, 3.63) is 58.6 Å². The first kappa shape index (κ1) is 15.7. The first-order chi connectivity index (χ1) is 10.0. The van der Waals surface area contributed by atoms with Gasteiger partial charge in [-0.25, -0.2) is 0 Å². The standard InChI is InChI=1S/C17H20ClNO2/c1-12(20)14-6-9-17(16(18)10-14)19(2)11-13-4-7-15(21-3)8-5-13/h4-10,12,20H,11H2,1-3H3. The summed E-state index contributed by atoms with van der Waals surface area (Å²) in [6.45, 7) is 2.48. The number of aliphatic hydroxyl groups excluding tert-OH is 1. The third-order valence-corrected chi connectivity index (χ3v) is 3.75. The lowest BCUT2D eigenvalue weighted by Gasteiger charge is -2.21. The summed E-state index contributed by atoms with van der Waals surface area (Å²) in [4.78, 5) is 2.08. The van der Waals surface area contributed by atoms with Gasteiger partial charge in [-0.2, -0.15) is 0 Å². The van der Waals surface area contributed by atoms with Crippen molar-refractivity contribution in [2.24, 2.45) is 0 Å². The van der Waals surface area contributed by atoms with Gasteiger partial charge in [0.25, 0.3) is 0 Å². The number of ether oxygens (including phenoxy) is 1. The van der Waals surface area contributed by atoms with Gasteiger partial charge in [0.2, 0.25) is 0 Å². The van der Waals surface area contributed by atoms with E-state index in [1.54, 1.807) is 14.0 Å². The predicted molar refractivity (Wildman–Crippen MR) is 87.2 cm³/mol. The molecule has 4 heteroatoms. The van der Waals surface area contributed by atoms with Crippen LogP contribution in [0.4, 0.5) is 5.69 Å². The predicted octanol–water partition coefficient (Wildman–Crippen LogP) is 4.04. The van der Waals surface area contributed by atoms with Crippen molar-refractivity contribution in [2.75, 3.05) is 19.1 Å². The fraction of sp³-hybridized carbons (Fsp3) is 0.294. The smallest absolute Gasteiger partial charge is 0.118 e. The minimum Gasteiger partial charge on any atom is -0.497 e. The van der Waals surface area contributed by atoms with E-state index in [2.05, 4.69) is 4.90 Å². The number of benzene rings is 2. The summed E-state index contributed by atoms with van der Waals surface area (Å²) in [7, 11) is 3.65. The number of aliphatic hydroxyl groups is 1. The molecule has 0 saturated heterocycles. The maximum absolute atomic E-state index is 9.58. The van der Waals surface area contributed by atoms with Gasteiger partial charge in [-0.05, 0) is 42.3 Å². The monoisotopic (exact) mass is 305 g/mol. The van der Waals surface area contributed by atoms with Crippen molar-refractivity contribution in [2.45, 2.75) is 19.6 Å². The summed E-state index contributed by atoms with van der Waals surface area (Å²) >= 11 is 6.31. The Morgan fingerprint density at radius 1 is 1.19 bits per heavy atom. The number of anilines is 1. The third-order valence-electron chi connectivity index (χ3n) is 3.44. The summed E-state index contributed by atoms with van der Waals surface area (Å²) in [6, 6.07) is 13.6. The Bertz CT molecular complexity index is 596. The second kappa shape index (κ2) is 6.83. The summed E-state index contributed by atoms with van der Waals surface area (Å²) < 4.78 is 5.16. The van der Waals surface area contributed by atoms with Crippen LogP contribution in [0.5, 0.6) is 5.75 Å². The van der Waals surface area contributed by atoms with Crippen LogP contribution in [-0.4, -0.2) is 19.3 Å². The van der Waals surface area contributed by atoms with Gasteiger partial charge in [0.1, 0.15) is 5.75 Å². The summed E-state index contributed by atoms with van der Waals surface area (Å²) in [5, 5.41) is 10.2. The second-order valence-electron chi connectivity index (χ2n) is 5.09. The fourth-order valence-electron chi connectivity index (χ4n) is 2.18. The molecule has 0 aliphatic heterocycles. The molecule has 0 aliphatic rings. The maximum Gasteiger partial charge on any atom is 0.118 e. The fourth-order valence-corrected chi connectivity index (χ4v) is 2.52. The molecule has 0 fully saturated rings. The highest BCUT2D eigenvalue weighted by Gasteiger charge is 2.10. The van der Waals surface area contributed by atoms with Crippen LogP contribution in [-0.2, 0) is 6.54 Å². The number of halogens is 1. The van der Waals surface area contributed by atoms with E-state index in [1.807, 2.05) is 49.5 Å². The number of nitrogens with zero attached hydrogens (tertiary/aromatic N) is 1. The zero-order valence-corrected chi connectivity index (χ0v) is 13.3. The molecule has 3 nitrogen and oxygen atoms in total. The zero-order valence-electron chi connectivity index (χ0n) is 12.5. The molecule has 0 bridgehead atoms. The van der Waals surface area contributed by atoms with Gasteiger partial charge in [-0.15, -0.1) is 0 Å². The molecule has 2 aromatic rings. The Morgan fingerprint density at radius 3 is 2.38 bits per heavy atom. The third kappa shape index (κ3) is 3.90. The second-order valence-corrected chi connectivity index (χ2v) is 5.50. The molecule has 0 aliphatic carbocycles. The highest BCUT2D eigenvalue weighted by Crippen LogP contribution is 2.29. The Labute approximate surface area is 130 Å². The van der Waals surface area contributed by atoms with E-state index < -0.39 is 6.10 Å². The summed E-state index contributed by atoms with van der Waals surface area (Å²) in [6.07, 6.45) is -0.511. The van der Waals surface area contributed by atoms with Crippen molar-refractivity contribution < 1.29 is 9.84 Å². The number of hydrogen-bond acceptors (Lipinski definition) is 3. The van der Waals surface area contributed by atoms with Gasteiger partial charge >= 0.3 is 0 Å². The van der Waals surface area contributed by atoms with E-state index in [1.165, 1.54) is 5.56 Å². The van der Waals surface area contributed by atoms with Gasteiger partial charge in [0, 0.05) is 13.6 Å². The first-order valence-electron chi connectivity index (χ1n) is 6.83. The van der Waals surface area contributed by atoms with Crippen molar-refractivity contribution >= 4 is 17.3 Å². The molecule has 1 atom stereocenters. The molecule has 0 aromatic heterocycles. The zero-order chi connectivity index (χ0) is 15.4. The largest absolute Gasteiger partial charge is 0.497 e. The van der Waals surface area contributed by atoms with Crippen LogP contribution >= 0.6 is 11.6 Å². The van der Waals surface area contributed by atoms with Crippen LogP contribution in [0.1, 0.15) is 24.2 Å². The van der Waals surface area contributed by atoms with Gasteiger partial charge in [-0.3, -0.25) is 0 Å². The summed E-state index contributed by atoms with van der Waals surface area (Å²) in [5.74, 6) is 0.848. The van der Waals surface area contributed by atoms with Crippen molar-refractivity contribution in [1.82, 2.24) is 0 Å². The van der Waals surface area contributed by atoms with Crippen LogP contribution in [0.15, 0.2) is 42.5 Å². The molecule has 0 amide bonds. The Balaban J connectivity index is 2.13. The number of methoxy groups -OCH3 is 1. The van der Waals surface area contributed by atoms with Gasteiger partial charge < -0.3 is 14.7 Å². The van der Waals surface area contributed by atoms with E-state index in [0.717, 1.165) is 23.5 Å². The lowest BCUT2D eigenvalue weighted by atomic mass is 10.1. The molecular formula is C17H20ClNO2. The van der Waals surface area contributed by atoms with Crippen LogP contribution in [0.3, 0.4) is 0 Å². The van der Waals surface area contributed by atoms with Crippen LogP contribution in [0, 0.1) is 0 Å². The molecule has 0 heterocycles. The maximum atomic E-state index is 9.58. The molecule has 1 N–H and O–H groups in total. The van der Waals surface area contributed by atoms with Crippen LogP contribution < -0.4 is 9.64 Å². The van der Waals surface area contributed by atoms with Gasteiger partial charge in [0.15, 0.2) is 0 Å². The van der Waals surface area contributed by atoms with Crippen molar-refractivity contribution in [3.8, 4) is 5.75 Å². The van der Waals surface area contributed by atoms with E-state index >= 15 is 0 Å². The molecule has 2 aromatic carbocycles. The van der Waals surface area contributed by atoms with Crippen LogP contribution in [0.2, 0.25) is 5.02 Å². The highest BCUT2D eigenvalue weighted by molar-refractivity contribution is 6.33. The Morgan fingerprint density at radius 2 is 1.86 bits per heavy atom. The molecule has 0 spiro atoms. The molecular weight excluding hydrogens is 286 g/mol. The molecule has 21 heavy (non-hydrogen) atoms. The lowest BCUT2D eigenvalue weighted by molar-refractivity contribution is 0.199. The average Bonchev–Trinajstić information content (AvgIpc) is 2.47. The van der Waals surface area contributed by atoms with Gasteiger partial charge in [-0.1, -0.05) is 29.8 Å². The number of hydrogen-bond donors (Lipinski definition) is 1. The van der Waals surface area contributed by atoms with E-state index in [9.17, 15) is 5.11 Å².